The number of aromatic nitrogens is 2. The maximum absolute atomic E-state index is 5.89. The first-order valence-corrected chi connectivity index (χ1v) is 8.80. The van der Waals surface area contributed by atoms with E-state index in [9.17, 15) is 0 Å². The van der Waals surface area contributed by atoms with Crippen LogP contribution in [0.15, 0.2) is 29.2 Å². The van der Waals surface area contributed by atoms with Gasteiger partial charge in [-0.1, -0.05) is 11.6 Å². The van der Waals surface area contributed by atoms with Gasteiger partial charge in [-0.2, -0.15) is 11.8 Å². The molecular formula is C14H14ClN3S2. The number of nitrogens with one attached hydrogen (secondary N) is 1. The van der Waals surface area contributed by atoms with Gasteiger partial charge in [-0.05, 0) is 24.3 Å². The summed E-state index contributed by atoms with van der Waals surface area (Å²) in [6.07, 6.45) is 0. The van der Waals surface area contributed by atoms with E-state index in [0.717, 1.165) is 33.9 Å². The highest BCUT2D eigenvalue weighted by atomic mass is 35.5. The van der Waals surface area contributed by atoms with Gasteiger partial charge in [-0.25, -0.2) is 9.97 Å². The zero-order valence-electron chi connectivity index (χ0n) is 11.0. The zero-order valence-corrected chi connectivity index (χ0v) is 13.4. The standard InChI is InChI=1S/C14H14ClN3S2/c1-16-14-11-6-19-7-12(11)17-13(18-14)8-20-10-4-2-9(15)3-5-10/h2-5H,6-8H2,1H3,(H,16,17,18). The lowest BCUT2D eigenvalue weighted by Gasteiger charge is -2.09. The predicted molar refractivity (Wildman–Crippen MR) is 87.6 cm³/mol. The minimum Gasteiger partial charge on any atom is -0.373 e. The van der Waals surface area contributed by atoms with Crippen molar-refractivity contribution in [3.63, 3.8) is 0 Å². The summed E-state index contributed by atoms with van der Waals surface area (Å²) in [5.74, 6) is 4.64. The van der Waals surface area contributed by atoms with Gasteiger partial charge in [0, 0.05) is 34.0 Å². The van der Waals surface area contributed by atoms with Crippen LogP contribution in [0.25, 0.3) is 0 Å². The van der Waals surface area contributed by atoms with Crippen LogP contribution in [0.2, 0.25) is 5.02 Å². The lowest BCUT2D eigenvalue weighted by Crippen LogP contribution is -2.05. The van der Waals surface area contributed by atoms with Crippen molar-refractivity contribution in [2.24, 2.45) is 0 Å². The fourth-order valence-electron chi connectivity index (χ4n) is 2.05. The fourth-order valence-corrected chi connectivity index (χ4v) is 3.97. The SMILES string of the molecule is CNc1nc(CSc2ccc(Cl)cc2)nc2c1CSC2. The van der Waals surface area contributed by atoms with Crippen LogP contribution in [-0.2, 0) is 17.3 Å². The lowest BCUT2D eigenvalue weighted by molar-refractivity contribution is 0.975. The largest absolute Gasteiger partial charge is 0.373 e. The van der Waals surface area contributed by atoms with Crippen molar-refractivity contribution in [3.05, 3.63) is 46.4 Å². The van der Waals surface area contributed by atoms with Gasteiger partial charge in [0.2, 0.25) is 0 Å². The Morgan fingerprint density at radius 1 is 1.25 bits per heavy atom. The Labute approximate surface area is 131 Å². The highest BCUT2D eigenvalue weighted by molar-refractivity contribution is 7.98. The number of benzene rings is 1. The fraction of sp³-hybridized carbons (Fsp3) is 0.286. The third-order valence-corrected chi connectivity index (χ3v) is 5.27. The summed E-state index contributed by atoms with van der Waals surface area (Å²) < 4.78 is 0. The summed E-state index contributed by atoms with van der Waals surface area (Å²) in [6, 6.07) is 7.86. The van der Waals surface area contributed by atoms with E-state index in [1.165, 1.54) is 16.2 Å². The summed E-state index contributed by atoms with van der Waals surface area (Å²) in [7, 11) is 1.92. The van der Waals surface area contributed by atoms with Gasteiger partial charge >= 0.3 is 0 Å². The molecule has 0 saturated carbocycles. The number of hydrogen-bond donors (Lipinski definition) is 1. The molecule has 1 N–H and O–H groups in total. The molecule has 0 saturated heterocycles. The van der Waals surface area contributed by atoms with E-state index < -0.39 is 0 Å². The minimum absolute atomic E-state index is 0.762. The van der Waals surface area contributed by atoms with Gasteiger partial charge in [0.05, 0.1) is 11.4 Å². The smallest absolute Gasteiger partial charge is 0.141 e. The van der Waals surface area contributed by atoms with Crippen LogP contribution in [0.3, 0.4) is 0 Å². The van der Waals surface area contributed by atoms with Crippen LogP contribution in [0.4, 0.5) is 5.82 Å². The topological polar surface area (TPSA) is 37.8 Å². The number of hydrogen-bond acceptors (Lipinski definition) is 5. The van der Waals surface area contributed by atoms with E-state index >= 15 is 0 Å². The Bertz CT molecular complexity index is 617. The Kier molecular flexibility index (Phi) is 4.38. The van der Waals surface area contributed by atoms with Crippen molar-refractivity contribution < 1.29 is 0 Å². The van der Waals surface area contributed by atoms with E-state index in [1.54, 1.807) is 11.8 Å². The molecule has 104 valence electrons. The first kappa shape index (κ1) is 14.0. The van der Waals surface area contributed by atoms with Gasteiger partial charge in [-0.3, -0.25) is 0 Å². The van der Waals surface area contributed by atoms with Crippen molar-refractivity contribution in [1.29, 1.82) is 0 Å². The molecule has 3 rings (SSSR count). The average Bonchev–Trinajstić information content (AvgIpc) is 2.94. The molecule has 20 heavy (non-hydrogen) atoms. The molecule has 6 heteroatoms. The van der Waals surface area contributed by atoms with Gasteiger partial charge in [-0.15, -0.1) is 11.8 Å². The summed E-state index contributed by atoms with van der Waals surface area (Å²) in [5, 5.41) is 3.94. The van der Waals surface area contributed by atoms with Crippen LogP contribution in [-0.4, -0.2) is 17.0 Å². The van der Waals surface area contributed by atoms with Gasteiger partial charge in [0.25, 0.3) is 0 Å². The normalized spacial score (nSPS) is 13.3. The molecule has 2 heterocycles. The molecule has 0 bridgehead atoms. The van der Waals surface area contributed by atoms with Gasteiger partial charge in [0.1, 0.15) is 11.6 Å². The lowest BCUT2D eigenvalue weighted by atomic mass is 10.2. The molecule has 0 atom stereocenters. The maximum atomic E-state index is 5.89. The van der Waals surface area contributed by atoms with E-state index in [-0.39, 0.29) is 0 Å². The second-order valence-electron chi connectivity index (χ2n) is 4.40. The molecule has 1 aliphatic heterocycles. The van der Waals surface area contributed by atoms with Crippen LogP contribution in [0.1, 0.15) is 17.1 Å². The number of thioether (sulfide) groups is 2. The molecule has 1 aliphatic rings. The summed E-state index contributed by atoms with van der Waals surface area (Å²) >= 11 is 9.51. The summed E-state index contributed by atoms with van der Waals surface area (Å²) in [5.41, 5.74) is 2.44. The van der Waals surface area contributed by atoms with E-state index in [0.29, 0.717) is 0 Å². The van der Waals surface area contributed by atoms with E-state index in [2.05, 4.69) is 15.3 Å². The summed E-state index contributed by atoms with van der Waals surface area (Å²) in [4.78, 5) is 10.5. The van der Waals surface area contributed by atoms with Crippen LogP contribution < -0.4 is 5.32 Å². The molecule has 0 aliphatic carbocycles. The molecule has 0 spiro atoms. The molecular weight excluding hydrogens is 310 g/mol. The minimum atomic E-state index is 0.762. The molecule has 0 fully saturated rings. The molecule has 0 unspecified atom stereocenters. The predicted octanol–water partition coefficient (Wildman–Crippen LogP) is 4.21. The van der Waals surface area contributed by atoms with Gasteiger partial charge < -0.3 is 5.32 Å². The average molecular weight is 324 g/mol. The number of fused-ring (bicyclic) bond motifs is 1. The van der Waals surface area contributed by atoms with Crippen molar-refractivity contribution in [3.8, 4) is 0 Å². The highest BCUT2D eigenvalue weighted by Gasteiger charge is 2.19. The highest BCUT2D eigenvalue weighted by Crippen LogP contribution is 2.33. The van der Waals surface area contributed by atoms with Crippen molar-refractivity contribution in [2.45, 2.75) is 22.2 Å². The quantitative estimate of drug-likeness (QED) is 0.853. The number of nitrogens with zero attached hydrogens (tertiary/aromatic N) is 2. The van der Waals surface area contributed by atoms with E-state index in [4.69, 9.17) is 11.6 Å². The first-order chi connectivity index (χ1) is 9.76. The number of anilines is 1. The number of rotatable bonds is 4. The molecule has 3 nitrogen and oxygen atoms in total. The molecule has 1 aromatic heterocycles. The Balaban J connectivity index is 1.76. The second kappa shape index (κ2) is 6.24. The molecule has 0 radical (unpaired) electrons. The molecule has 0 amide bonds. The van der Waals surface area contributed by atoms with Crippen molar-refractivity contribution >= 4 is 40.9 Å². The van der Waals surface area contributed by atoms with Gasteiger partial charge in [0.15, 0.2) is 0 Å². The Morgan fingerprint density at radius 2 is 2.05 bits per heavy atom. The number of halogens is 1. The third kappa shape index (κ3) is 3.05. The van der Waals surface area contributed by atoms with Crippen LogP contribution in [0.5, 0.6) is 0 Å². The zero-order chi connectivity index (χ0) is 13.9. The maximum Gasteiger partial charge on any atom is 0.141 e. The van der Waals surface area contributed by atoms with Crippen LogP contribution >= 0.6 is 35.1 Å². The Morgan fingerprint density at radius 3 is 2.80 bits per heavy atom. The van der Waals surface area contributed by atoms with E-state index in [1.807, 2.05) is 43.1 Å². The molecule has 2 aromatic rings. The van der Waals surface area contributed by atoms with Crippen molar-refractivity contribution in [1.82, 2.24) is 9.97 Å². The molecule has 1 aromatic carbocycles. The Hall–Kier alpha value is -0.910. The third-order valence-electron chi connectivity index (χ3n) is 3.04. The summed E-state index contributed by atoms with van der Waals surface area (Å²) in [6.45, 7) is 0. The van der Waals surface area contributed by atoms with Crippen molar-refractivity contribution in [2.75, 3.05) is 12.4 Å². The monoisotopic (exact) mass is 323 g/mol. The van der Waals surface area contributed by atoms with Crippen LogP contribution in [0, 0.1) is 0 Å². The second-order valence-corrected chi connectivity index (χ2v) is 6.87. The first-order valence-electron chi connectivity index (χ1n) is 6.29.